The molecule has 0 aliphatic heterocycles. The lowest BCUT2D eigenvalue weighted by Gasteiger charge is -2.11. The van der Waals surface area contributed by atoms with Crippen molar-refractivity contribution >= 4 is 17.3 Å². The fourth-order valence-electron chi connectivity index (χ4n) is 1.70. The van der Waals surface area contributed by atoms with Gasteiger partial charge < -0.3 is 15.8 Å². The summed E-state index contributed by atoms with van der Waals surface area (Å²) in [4.78, 5) is 11.7. The zero-order valence-electron chi connectivity index (χ0n) is 11.3. The average molecular weight is 292 g/mol. The topological polar surface area (TPSA) is 64.3 Å². The third-order valence-corrected chi connectivity index (χ3v) is 2.83. The minimum Gasteiger partial charge on any atom is -0.482 e. The first-order chi connectivity index (χ1) is 9.99. The third kappa shape index (κ3) is 3.47. The number of nitrogens with two attached hydrogens (primary N) is 1. The Labute approximate surface area is 120 Å². The molecule has 21 heavy (non-hydrogen) atoms. The van der Waals surface area contributed by atoms with Crippen LogP contribution in [0.2, 0.25) is 0 Å². The van der Waals surface area contributed by atoms with Crippen molar-refractivity contribution in [3.05, 3.63) is 53.6 Å². The Kier molecular flexibility index (Phi) is 4.37. The zero-order chi connectivity index (χ0) is 15.4. The smallest absolute Gasteiger partial charge is 0.262 e. The van der Waals surface area contributed by atoms with E-state index in [4.69, 9.17) is 10.5 Å². The maximum atomic E-state index is 13.7. The van der Waals surface area contributed by atoms with Gasteiger partial charge in [0.1, 0.15) is 17.3 Å². The number of nitrogens with one attached hydrogen (secondary N) is 1. The van der Waals surface area contributed by atoms with Gasteiger partial charge in [0.05, 0.1) is 5.69 Å². The maximum absolute atomic E-state index is 13.7. The van der Waals surface area contributed by atoms with Crippen LogP contribution in [0.25, 0.3) is 0 Å². The highest BCUT2D eigenvalue weighted by molar-refractivity contribution is 5.92. The second-order valence-electron chi connectivity index (χ2n) is 4.43. The maximum Gasteiger partial charge on any atom is 0.262 e. The largest absolute Gasteiger partial charge is 0.482 e. The summed E-state index contributed by atoms with van der Waals surface area (Å²) < 4.78 is 32.4. The lowest BCUT2D eigenvalue weighted by Crippen LogP contribution is -2.22. The Bertz CT molecular complexity index is 675. The van der Waals surface area contributed by atoms with E-state index in [-0.39, 0.29) is 5.56 Å². The van der Waals surface area contributed by atoms with Crippen LogP contribution >= 0.6 is 0 Å². The summed E-state index contributed by atoms with van der Waals surface area (Å²) in [6, 6.07) is 9.01. The molecule has 0 bridgehead atoms. The molecule has 4 nitrogen and oxygen atoms in total. The van der Waals surface area contributed by atoms with Crippen molar-refractivity contribution in [2.24, 2.45) is 0 Å². The van der Waals surface area contributed by atoms with Crippen LogP contribution in [-0.2, 0) is 4.79 Å². The van der Waals surface area contributed by atoms with Crippen molar-refractivity contribution < 1.29 is 18.3 Å². The van der Waals surface area contributed by atoms with Gasteiger partial charge in [0.25, 0.3) is 5.91 Å². The average Bonchev–Trinajstić information content (AvgIpc) is 2.47. The first-order valence-corrected chi connectivity index (χ1v) is 6.21. The number of nitrogen functional groups attached to an aromatic ring is 1. The molecular weight excluding hydrogens is 278 g/mol. The summed E-state index contributed by atoms with van der Waals surface area (Å²) >= 11 is 0. The van der Waals surface area contributed by atoms with E-state index in [1.165, 1.54) is 13.0 Å². The number of ether oxygens (including phenoxy) is 1. The molecule has 0 heterocycles. The quantitative estimate of drug-likeness (QED) is 0.852. The molecule has 6 heteroatoms. The van der Waals surface area contributed by atoms with E-state index in [0.717, 1.165) is 6.07 Å². The number of carbonyl (C=O) groups excluding carboxylic acids is 1. The molecule has 2 aromatic rings. The van der Waals surface area contributed by atoms with Gasteiger partial charge in [0, 0.05) is 0 Å². The van der Waals surface area contributed by atoms with Crippen molar-refractivity contribution in [1.29, 1.82) is 0 Å². The summed E-state index contributed by atoms with van der Waals surface area (Å²) in [7, 11) is 0. The van der Waals surface area contributed by atoms with Crippen molar-refractivity contribution in [1.82, 2.24) is 0 Å². The molecule has 0 spiro atoms. The fraction of sp³-hybridized carbons (Fsp3) is 0.133. The molecular formula is C15H14F2N2O2. The van der Waals surface area contributed by atoms with Crippen LogP contribution in [0.5, 0.6) is 5.75 Å². The van der Waals surface area contributed by atoms with Crippen LogP contribution in [0.1, 0.15) is 5.56 Å². The molecule has 0 aliphatic carbocycles. The Balaban J connectivity index is 2.03. The number of halogens is 2. The van der Waals surface area contributed by atoms with Crippen LogP contribution in [0.4, 0.5) is 20.2 Å². The highest BCUT2D eigenvalue weighted by Gasteiger charge is 2.14. The molecule has 0 atom stereocenters. The molecule has 0 saturated carbocycles. The van der Waals surface area contributed by atoms with Crippen molar-refractivity contribution in [2.75, 3.05) is 17.7 Å². The second kappa shape index (κ2) is 6.21. The number of hydrogen-bond donors (Lipinski definition) is 2. The fourth-order valence-corrected chi connectivity index (χ4v) is 1.70. The molecule has 0 radical (unpaired) electrons. The van der Waals surface area contributed by atoms with E-state index >= 15 is 0 Å². The first kappa shape index (κ1) is 14.8. The summed E-state index contributed by atoms with van der Waals surface area (Å²) in [6.07, 6.45) is 0. The summed E-state index contributed by atoms with van der Waals surface area (Å²) in [6.45, 7) is 1.08. The standard InChI is InChI=1S/C15H14F2N2O2/c1-9-6-7-10(16)15(14(9)17)19-13(20)8-21-12-5-3-2-4-11(12)18/h2-7H,8,18H2,1H3,(H,19,20). The molecule has 2 aromatic carbocycles. The van der Waals surface area contributed by atoms with E-state index < -0.39 is 29.8 Å². The lowest BCUT2D eigenvalue weighted by molar-refractivity contribution is -0.118. The Morgan fingerprint density at radius 1 is 1.24 bits per heavy atom. The zero-order valence-corrected chi connectivity index (χ0v) is 11.3. The molecule has 0 fully saturated rings. The molecule has 0 unspecified atom stereocenters. The highest BCUT2D eigenvalue weighted by Crippen LogP contribution is 2.22. The minimum absolute atomic E-state index is 0.236. The van der Waals surface area contributed by atoms with Crippen LogP contribution < -0.4 is 15.8 Å². The van der Waals surface area contributed by atoms with Crippen LogP contribution in [0.3, 0.4) is 0 Å². The van der Waals surface area contributed by atoms with E-state index in [1.807, 2.05) is 0 Å². The third-order valence-electron chi connectivity index (χ3n) is 2.83. The van der Waals surface area contributed by atoms with Crippen molar-refractivity contribution in [3.8, 4) is 5.75 Å². The van der Waals surface area contributed by atoms with E-state index in [0.29, 0.717) is 11.4 Å². The van der Waals surface area contributed by atoms with Gasteiger partial charge in [-0.2, -0.15) is 0 Å². The molecule has 2 rings (SSSR count). The summed E-state index contributed by atoms with van der Waals surface area (Å²) in [5.74, 6) is -1.99. The second-order valence-corrected chi connectivity index (χ2v) is 4.43. The number of benzene rings is 2. The predicted molar refractivity (Wildman–Crippen MR) is 76.1 cm³/mol. The highest BCUT2D eigenvalue weighted by atomic mass is 19.1. The monoisotopic (exact) mass is 292 g/mol. The van der Waals surface area contributed by atoms with Gasteiger partial charge in [0.15, 0.2) is 12.4 Å². The van der Waals surface area contributed by atoms with Gasteiger partial charge >= 0.3 is 0 Å². The SMILES string of the molecule is Cc1ccc(F)c(NC(=O)COc2ccccc2N)c1F. The molecule has 1 amide bonds. The number of hydrogen-bond acceptors (Lipinski definition) is 3. The van der Waals surface area contributed by atoms with E-state index in [2.05, 4.69) is 5.32 Å². The Morgan fingerprint density at radius 2 is 1.95 bits per heavy atom. The van der Waals surface area contributed by atoms with Crippen molar-refractivity contribution in [3.63, 3.8) is 0 Å². The van der Waals surface area contributed by atoms with Crippen molar-refractivity contribution in [2.45, 2.75) is 6.92 Å². The van der Waals surface area contributed by atoms with E-state index in [9.17, 15) is 13.6 Å². The molecule has 3 N–H and O–H groups in total. The van der Waals surface area contributed by atoms with Crippen LogP contribution in [-0.4, -0.2) is 12.5 Å². The van der Waals surface area contributed by atoms with Gasteiger partial charge in [0.2, 0.25) is 0 Å². The number of para-hydroxylation sites is 2. The molecule has 0 aliphatic rings. The Morgan fingerprint density at radius 3 is 2.67 bits per heavy atom. The molecule has 0 aromatic heterocycles. The summed E-state index contributed by atoms with van der Waals surface area (Å²) in [5, 5.41) is 2.15. The van der Waals surface area contributed by atoms with Gasteiger partial charge in [-0.15, -0.1) is 0 Å². The lowest BCUT2D eigenvalue weighted by atomic mass is 10.2. The van der Waals surface area contributed by atoms with Gasteiger partial charge in [-0.25, -0.2) is 8.78 Å². The number of carbonyl (C=O) groups is 1. The van der Waals surface area contributed by atoms with Gasteiger partial charge in [-0.1, -0.05) is 18.2 Å². The summed E-state index contributed by atoms with van der Waals surface area (Å²) in [5.41, 5.74) is 5.78. The van der Waals surface area contributed by atoms with Gasteiger partial charge in [-0.05, 0) is 30.7 Å². The molecule has 0 saturated heterocycles. The number of amides is 1. The Hall–Kier alpha value is -2.63. The van der Waals surface area contributed by atoms with Gasteiger partial charge in [-0.3, -0.25) is 4.79 Å². The first-order valence-electron chi connectivity index (χ1n) is 6.21. The minimum atomic E-state index is -0.842. The number of aryl methyl sites for hydroxylation is 1. The van der Waals surface area contributed by atoms with Crippen LogP contribution in [0.15, 0.2) is 36.4 Å². The molecule has 110 valence electrons. The van der Waals surface area contributed by atoms with E-state index in [1.54, 1.807) is 24.3 Å². The number of rotatable bonds is 4. The number of anilines is 2. The van der Waals surface area contributed by atoms with Crippen LogP contribution in [0, 0.1) is 18.6 Å². The predicted octanol–water partition coefficient (Wildman–Crippen LogP) is 2.87. The normalized spacial score (nSPS) is 10.2.